The molecule has 1 N–H and O–H groups in total. The summed E-state index contributed by atoms with van der Waals surface area (Å²) >= 11 is 0. The zero-order chi connectivity index (χ0) is 21.4. The Hall–Kier alpha value is -4.46. The minimum atomic E-state index is -0.437. The predicted octanol–water partition coefficient (Wildman–Crippen LogP) is 5.13. The van der Waals surface area contributed by atoms with E-state index in [1.54, 1.807) is 19.2 Å². The number of H-pyrrole nitrogens is 1. The van der Waals surface area contributed by atoms with Gasteiger partial charge in [-0.25, -0.2) is 9.98 Å². The van der Waals surface area contributed by atoms with Gasteiger partial charge in [-0.05, 0) is 36.4 Å². The van der Waals surface area contributed by atoms with Gasteiger partial charge in [0.25, 0.3) is 5.69 Å². The molecule has 0 unspecified atom stereocenters. The highest BCUT2D eigenvalue weighted by atomic mass is 16.6. The Kier molecular flexibility index (Phi) is 4.44. The van der Waals surface area contributed by atoms with Crippen LogP contribution in [0.5, 0.6) is 5.75 Å². The van der Waals surface area contributed by atoms with Crippen LogP contribution in [-0.4, -0.2) is 22.0 Å². The Labute approximate surface area is 175 Å². The van der Waals surface area contributed by atoms with Crippen molar-refractivity contribution < 1.29 is 14.1 Å². The van der Waals surface area contributed by atoms with E-state index < -0.39 is 4.92 Å². The number of benzene rings is 3. The second-order valence-electron chi connectivity index (χ2n) is 6.83. The summed E-state index contributed by atoms with van der Waals surface area (Å²) in [6.45, 7) is 0. The predicted molar refractivity (Wildman–Crippen MR) is 116 cm³/mol. The number of aromatic nitrogens is 2. The molecular formula is C23H16N4O4. The van der Waals surface area contributed by atoms with Crippen LogP contribution in [0.1, 0.15) is 0 Å². The van der Waals surface area contributed by atoms with Crippen LogP contribution in [0.15, 0.2) is 82.2 Å². The summed E-state index contributed by atoms with van der Waals surface area (Å²) in [5.41, 5.74) is 3.58. The molecule has 5 rings (SSSR count). The number of rotatable bonds is 4. The van der Waals surface area contributed by atoms with E-state index in [1.165, 1.54) is 12.1 Å². The molecule has 0 amide bonds. The molecule has 0 saturated carbocycles. The van der Waals surface area contributed by atoms with Crippen LogP contribution in [0.2, 0.25) is 0 Å². The van der Waals surface area contributed by atoms with Crippen molar-refractivity contribution in [1.82, 2.24) is 9.97 Å². The Morgan fingerprint density at radius 2 is 1.87 bits per heavy atom. The van der Waals surface area contributed by atoms with Gasteiger partial charge in [0.1, 0.15) is 22.8 Å². The molecule has 0 fully saturated rings. The van der Waals surface area contributed by atoms with E-state index in [9.17, 15) is 10.1 Å². The molecule has 5 aromatic rings. The van der Waals surface area contributed by atoms with Crippen molar-refractivity contribution in [3.63, 3.8) is 0 Å². The summed E-state index contributed by atoms with van der Waals surface area (Å²) in [5.74, 6) is 1.14. The average molecular weight is 412 g/mol. The number of imidazole rings is 1. The number of hydrogen-bond acceptors (Lipinski definition) is 6. The molecule has 0 atom stereocenters. The Bertz CT molecular complexity index is 1480. The first-order valence-corrected chi connectivity index (χ1v) is 9.47. The van der Waals surface area contributed by atoms with Crippen molar-refractivity contribution in [3.8, 4) is 17.1 Å². The minimum Gasteiger partial charge on any atom is -0.494 e. The van der Waals surface area contributed by atoms with Crippen molar-refractivity contribution in [2.24, 2.45) is 4.99 Å². The molecule has 8 nitrogen and oxygen atoms in total. The maximum Gasteiger partial charge on any atom is 0.270 e. The second kappa shape index (κ2) is 7.42. The van der Waals surface area contributed by atoms with Crippen molar-refractivity contribution in [1.29, 1.82) is 0 Å². The number of methoxy groups -OCH3 is 1. The fourth-order valence-corrected chi connectivity index (χ4v) is 3.40. The number of nitrogens with zero attached hydrogens (tertiary/aromatic N) is 3. The van der Waals surface area contributed by atoms with Gasteiger partial charge in [0.2, 0.25) is 5.55 Å². The van der Waals surface area contributed by atoms with E-state index in [0.717, 1.165) is 11.0 Å². The zero-order valence-corrected chi connectivity index (χ0v) is 16.4. The summed E-state index contributed by atoms with van der Waals surface area (Å²) in [7, 11) is 1.57. The van der Waals surface area contributed by atoms with E-state index in [2.05, 4.69) is 15.0 Å². The first-order chi connectivity index (χ1) is 15.1. The third-order valence-electron chi connectivity index (χ3n) is 4.89. The first-order valence-electron chi connectivity index (χ1n) is 9.47. The lowest BCUT2D eigenvalue weighted by atomic mass is 10.1. The minimum absolute atomic E-state index is 0.0207. The molecule has 0 radical (unpaired) electrons. The Morgan fingerprint density at radius 1 is 1.06 bits per heavy atom. The number of nitrogens with one attached hydrogen (secondary N) is 1. The van der Waals surface area contributed by atoms with Gasteiger partial charge in [-0.2, -0.15) is 0 Å². The summed E-state index contributed by atoms with van der Waals surface area (Å²) in [6, 6.07) is 21.2. The molecule has 31 heavy (non-hydrogen) atoms. The molecular weight excluding hydrogens is 396 g/mol. The van der Waals surface area contributed by atoms with Gasteiger partial charge in [0.05, 0.1) is 28.6 Å². The molecule has 3 aromatic carbocycles. The summed E-state index contributed by atoms with van der Waals surface area (Å²) in [4.78, 5) is 23.4. The third-order valence-corrected chi connectivity index (χ3v) is 4.89. The van der Waals surface area contributed by atoms with Gasteiger partial charge in [-0.1, -0.05) is 24.3 Å². The largest absolute Gasteiger partial charge is 0.494 e. The molecule has 0 aliphatic heterocycles. The van der Waals surface area contributed by atoms with Gasteiger partial charge in [0.15, 0.2) is 0 Å². The number of ether oxygens (including phenoxy) is 1. The van der Waals surface area contributed by atoms with E-state index in [-0.39, 0.29) is 5.69 Å². The summed E-state index contributed by atoms with van der Waals surface area (Å²) in [5, 5.41) is 11.8. The smallest absolute Gasteiger partial charge is 0.270 e. The molecule has 152 valence electrons. The molecule has 2 heterocycles. The number of nitro groups is 1. The maximum absolute atomic E-state index is 11.2. The molecule has 0 saturated heterocycles. The number of para-hydroxylation sites is 4. The highest BCUT2D eigenvalue weighted by Crippen LogP contribution is 2.28. The van der Waals surface area contributed by atoms with E-state index in [4.69, 9.17) is 9.15 Å². The lowest BCUT2D eigenvalue weighted by molar-refractivity contribution is -0.384. The fraction of sp³-hybridized carbons (Fsp3) is 0.0435. The SMILES string of the molecule is COc1ccccc1N=c1oc2ccc([N+](=O)[O-])cc2cc1-c1nc2ccccc2[nH]1. The number of nitro benzene ring substituents is 1. The van der Waals surface area contributed by atoms with Crippen LogP contribution < -0.4 is 10.3 Å². The lowest BCUT2D eigenvalue weighted by Gasteiger charge is -2.05. The van der Waals surface area contributed by atoms with E-state index in [1.807, 2.05) is 48.5 Å². The van der Waals surface area contributed by atoms with Crippen LogP contribution in [0.3, 0.4) is 0 Å². The van der Waals surface area contributed by atoms with Gasteiger partial charge in [-0.3, -0.25) is 10.1 Å². The summed E-state index contributed by atoms with van der Waals surface area (Å²) < 4.78 is 11.5. The Morgan fingerprint density at radius 3 is 2.68 bits per heavy atom. The number of hydrogen-bond donors (Lipinski definition) is 1. The zero-order valence-electron chi connectivity index (χ0n) is 16.4. The van der Waals surface area contributed by atoms with Crippen molar-refractivity contribution in [2.45, 2.75) is 0 Å². The van der Waals surface area contributed by atoms with Crippen LogP contribution in [0.4, 0.5) is 11.4 Å². The van der Waals surface area contributed by atoms with E-state index in [0.29, 0.717) is 39.3 Å². The molecule has 0 aliphatic rings. The highest BCUT2D eigenvalue weighted by molar-refractivity contribution is 5.85. The number of aromatic amines is 1. The van der Waals surface area contributed by atoms with Gasteiger partial charge < -0.3 is 14.1 Å². The topological polar surface area (TPSA) is 107 Å². The van der Waals surface area contributed by atoms with Gasteiger partial charge >= 0.3 is 0 Å². The average Bonchev–Trinajstić information content (AvgIpc) is 3.22. The number of fused-ring (bicyclic) bond motifs is 2. The van der Waals surface area contributed by atoms with Crippen LogP contribution >= 0.6 is 0 Å². The molecule has 0 aliphatic carbocycles. The maximum atomic E-state index is 11.2. The highest BCUT2D eigenvalue weighted by Gasteiger charge is 2.14. The quantitative estimate of drug-likeness (QED) is 0.325. The van der Waals surface area contributed by atoms with Crippen LogP contribution in [0.25, 0.3) is 33.4 Å². The fourth-order valence-electron chi connectivity index (χ4n) is 3.40. The lowest BCUT2D eigenvalue weighted by Crippen LogP contribution is -2.06. The van der Waals surface area contributed by atoms with Gasteiger partial charge in [0, 0.05) is 17.5 Å². The standard InChI is InChI=1S/C23H16N4O4/c1-30-21-9-5-4-8-19(21)26-23-16(22-24-17-6-2-3-7-18(17)25-22)13-14-12-15(27(28)29)10-11-20(14)31-23/h2-13H,1H3,(H,24,25). The van der Waals surface area contributed by atoms with Crippen LogP contribution in [0, 0.1) is 10.1 Å². The molecule has 0 spiro atoms. The second-order valence-corrected chi connectivity index (χ2v) is 6.83. The van der Waals surface area contributed by atoms with Crippen molar-refractivity contribution in [2.75, 3.05) is 7.11 Å². The Balaban J connectivity index is 1.82. The first kappa shape index (κ1) is 18.6. The number of non-ortho nitro benzene ring substituents is 1. The molecule has 2 aromatic heterocycles. The normalized spacial score (nSPS) is 11.8. The monoisotopic (exact) mass is 412 g/mol. The molecule has 0 bridgehead atoms. The van der Waals surface area contributed by atoms with E-state index >= 15 is 0 Å². The third kappa shape index (κ3) is 3.40. The summed E-state index contributed by atoms with van der Waals surface area (Å²) in [6.07, 6.45) is 0. The molecule has 8 heteroatoms. The van der Waals surface area contributed by atoms with Crippen molar-refractivity contribution >= 4 is 33.4 Å². The van der Waals surface area contributed by atoms with Gasteiger partial charge in [-0.15, -0.1) is 0 Å². The van der Waals surface area contributed by atoms with Crippen molar-refractivity contribution in [3.05, 3.63) is 88.5 Å². The van der Waals surface area contributed by atoms with Crippen LogP contribution in [-0.2, 0) is 0 Å².